The van der Waals surface area contributed by atoms with Crippen molar-refractivity contribution >= 4 is 63.5 Å². The Labute approximate surface area is 249 Å². The number of amides is 3. The quantitative estimate of drug-likeness (QED) is 0.0715. The molecule has 0 aromatic carbocycles. The molecule has 2 aliphatic rings. The van der Waals surface area contributed by atoms with E-state index in [2.05, 4.69) is 30.1 Å². The van der Waals surface area contributed by atoms with Gasteiger partial charge in [0.05, 0.1) is 11.7 Å². The van der Waals surface area contributed by atoms with Crippen molar-refractivity contribution in [3.05, 3.63) is 69.8 Å². The van der Waals surface area contributed by atoms with Crippen LogP contribution in [0.1, 0.15) is 16.3 Å². The Morgan fingerprint density at radius 2 is 2.16 bits per heavy atom. The van der Waals surface area contributed by atoms with Crippen molar-refractivity contribution in [2.45, 2.75) is 18.0 Å². The molecule has 1 fully saturated rings. The zero-order valence-corrected chi connectivity index (χ0v) is 23.6. The molecule has 0 spiro atoms. The summed E-state index contributed by atoms with van der Waals surface area (Å²) in [6, 6.07) is 3.07. The molecule has 222 valence electrons. The Hall–Kier alpha value is -5.30. The van der Waals surface area contributed by atoms with Crippen LogP contribution in [-0.2, 0) is 25.8 Å². The van der Waals surface area contributed by atoms with Gasteiger partial charge in [0.1, 0.15) is 29.9 Å². The van der Waals surface area contributed by atoms with Gasteiger partial charge < -0.3 is 41.2 Å². The lowest BCUT2D eigenvalue weighted by Crippen LogP contribution is -2.71. The number of aromatic nitrogens is 4. The van der Waals surface area contributed by atoms with Gasteiger partial charge >= 0.3 is 0 Å². The van der Waals surface area contributed by atoms with E-state index in [1.54, 1.807) is 22.9 Å². The summed E-state index contributed by atoms with van der Waals surface area (Å²) < 4.78 is 5.52. The Morgan fingerprint density at radius 3 is 2.84 bits per heavy atom. The fourth-order valence-corrected chi connectivity index (χ4v) is 6.09. The van der Waals surface area contributed by atoms with Crippen LogP contribution < -0.4 is 31.5 Å². The molecule has 43 heavy (non-hydrogen) atoms. The van der Waals surface area contributed by atoms with E-state index < -0.39 is 46.3 Å². The number of carbonyl (C=O) groups is 4. The van der Waals surface area contributed by atoms with Crippen molar-refractivity contribution in [3.8, 4) is 5.75 Å². The summed E-state index contributed by atoms with van der Waals surface area (Å²) in [5.74, 6) is -4.13. The number of carboxylic acid groups (broad SMARTS) is 1. The highest BCUT2D eigenvalue weighted by molar-refractivity contribution is 8.00. The third kappa shape index (κ3) is 5.88. The molecule has 3 aromatic rings. The molecule has 5 rings (SSSR count). The van der Waals surface area contributed by atoms with Crippen LogP contribution in [0.25, 0.3) is 0 Å². The average molecular weight is 628 g/mol. The molecule has 0 radical (unpaired) electrons. The van der Waals surface area contributed by atoms with Crippen molar-refractivity contribution < 1.29 is 38.8 Å². The lowest BCUT2D eigenvalue weighted by molar-refractivity contribution is -0.688. The predicted octanol–water partition coefficient (Wildman–Crippen LogP) is -2.49. The minimum Gasteiger partial charge on any atom is -0.543 e. The molecule has 3 amide bonds. The molecule has 0 bridgehead atoms. The topological polar surface area (TPSA) is 249 Å². The summed E-state index contributed by atoms with van der Waals surface area (Å²) >= 11 is 2.08. The van der Waals surface area contributed by atoms with E-state index in [9.17, 15) is 34.2 Å². The van der Waals surface area contributed by atoms with E-state index in [4.69, 9.17) is 10.6 Å². The maximum absolute atomic E-state index is 13.1. The first kappa shape index (κ1) is 29.2. The van der Waals surface area contributed by atoms with Crippen LogP contribution in [-0.4, -0.2) is 78.0 Å². The van der Waals surface area contributed by atoms with Crippen molar-refractivity contribution in [2.24, 2.45) is 5.16 Å². The highest BCUT2D eigenvalue weighted by atomic mass is 32.2. The number of nitrogen functional groups attached to an aromatic ring is 1. The molecule has 5 heterocycles. The zero-order valence-electron chi connectivity index (χ0n) is 22.0. The second-order valence-electron chi connectivity index (χ2n) is 8.99. The summed E-state index contributed by atoms with van der Waals surface area (Å²) in [5.41, 5.74) is 4.83. The molecule has 1 saturated heterocycles. The van der Waals surface area contributed by atoms with E-state index in [1.807, 2.05) is 0 Å². The monoisotopic (exact) mass is 627 g/mol. The predicted molar refractivity (Wildman–Crippen MR) is 148 cm³/mol. The van der Waals surface area contributed by atoms with E-state index in [1.165, 1.54) is 25.1 Å². The molecule has 6 N–H and O–H groups in total. The number of rotatable bonds is 9. The van der Waals surface area contributed by atoms with E-state index in [0.717, 1.165) is 28.7 Å². The first-order valence-corrected chi connectivity index (χ1v) is 14.0. The minimum atomic E-state index is -1.57. The smallest absolute Gasteiger partial charge is 0.278 e. The van der Waals surface area contributed by atoms with Crippen molar-refractivity contribution in [2.75, 3.05) is 23.9 Å². The largest absolute Gasteiger partial charge is 0.543 e. The number of carbonyl (C=O) groups excluding carboxylic acids is 4. The van der Waals surface area contributed by atoms with Gasteiger partial charge in [0.25, 0.3) is 17.7 Å². The molecule has 0 unspecified atom stereocenters. The van der Waals surface area contributed by atoms with Crippen molar-refractivity contribution in [1.82, 2.24) is 24.6 Å². The van der Waals surface area contributed by atoms with Crippen LogP contribution in [0.15, 0.2) is 58.0 Å². The summed E-state index contributed by atoms with van der Waals surface area (Å²) in [7, 11) is 1.22. The number of thioether (sulfide) groups is 1. The molecule has 17 nitrogen and oxygen atoms in total. The maximum atomic E-state index is 13.1. The highest BCUT2D eigenvalue weighted by Gasteiger charge is 2.53. The number of oxime groups is 1. The summed E-state index contributed by atoms with van der Waals surface area (Å²) in [5, 5.41) is 29.7. The van der Waals surface area contributed by atoms with Crippen LogP contribution in [0, 0.1) is 0 Å². The van der Waals surface area contributed by atoms with Crippen LogP contribution in [0.2, 0.25) is 0 Å². The van der Waals surface area contributed by atoms with Gasteiger partial charge in [-0.1, -0.05) is 5.16 Å². The molecule has 0 saturated carbocycles. The van der Waals surface area contributed by atoms with Gasteiger partial charge in [-0.05, 0) is 6.07 Å². The lowest BCUT2D eigenvalue weighted by Gasteiger charge is -2.50. The number of nitrogens with two attached hydrogens (primary N) is 1. The third-order valence-corrected chi connectivity index (χ3v) is 8.09. The van der Waals surface area contributed by atoms with Crippen LogP contribution in [0.4, 0.5) is 10.8 Å². The number of aliphatic carboxylic acids is 1. The number of pyridine rings is 2. The molecule has 2 atom stereocenters. The standard InChI is InChI=1S/C24H21N9O8S2/c1-41-30-15(18-29-24(25)43-31-18)20(37)28-16-21(38)33-17(23(39)40)10(9-42-22(16)33)7-32-4-2-3-11(8-32)27-19(36)12-5-13(34)14(35)6-26-12/h2-6,8,16,22H,7,9H2,1H3,(H6-,25,26,27,28,29,30,31,34,35,36,37,39,40)/t16-,22+/m1/s1. The van der Waals surface area contributed by atoms with Gasteiger partial charge in [-0.15, -0.1) is 11.8 Å². The lowest BCUT2D eigenvalue weighted by atomic mass is 10.0. The third-order valence-electron chi connectivity index (χ3n) is 6.20. The maximum Gasteiger partial charge on any atom is 0.278 e. The average Bonchev–Trinajstić information content (AvgIpc) is 3.41. The molecule has 0 aliphatic carbocycles. The number of fused-ring (bicyclic) bond motifs is 1. The number of aromatic hydroxyl groups is 1. The van der Waals surface area contributed by atoms with E-state index in [-0.39, 0.29) is 40.4 Å². The molecular formula is C24H21N9O8S2. The first-order valence-electron chi connectivity index (χ1n) is 12.2. The summed E-state index contributed by atoms with van der Waals surface area (Å²) in [4.78, 5) is 74.5. The SMILES string of the molecule is CON=C(C(=O)N[C@@H]1C(=O)N2C(C(=O)[O-])=C(C[n+]3cccc(NC(=O)c4cc(=O)c(O)c[nH]4)c3)CS[C@@H]12)c1nsc(N)n1. The van der Waals surface area contributed by atoms with Crippen molar-refractivity contribution in [3.63, 3.8) is 0 Å². The fourth-order valence-electron chi connectivity index (χ4n) is 4.32. The Bertz CT molecular complexity index is 1770. The molecule has 2 aliphatic heterocycles. The summed E-state index contributed by atoms with van der Waals surface area (Å²) in [6.07, 6.45) is 4.16. The van der Waals surface area contributed by atoms with Gasteiger partial charge in [0.15, 0.2) is 29.8 Å². The Morgan fingerprint density at radius 1 is 1.37 bits per heavy atom. The first-order chi connectivity index (χ1) is 20.6. The number of anilines is 2. The highest BCUT2D eigenvalue weighted by Crippen LogP contribution is 2.40. The molecular weight excluding hydrogens is 606 g/mol. The Balaban J connectivity index is 1.31. The van der Waals surface area contributed by atoms with Gasteiger partial charge in [0, 0.05) is 41.2 Å². The van der Waals surface area contributed by atoms with E-state index >= 15 is 0 Å². The van der Waals surface area contributed by atoms with Gasteiger partial charge in [-0.3, -0.25) is 24.1 Å². The number of carboxylic acids is 1. The van der Waals surface area contributed by atoms with E-state index in [0.29, 0.717) is 11.3 Å². The number of H-pyrrole nitrogens is 1. The van der Waals surface area contributed by atoms with Gasteiger partial charge in [0.2, 0.25) is 17.0 Å². The normalized spacial score (nSPS) is 18.0. The summed E-state index contributed by atoms with van der Waals surface area (Å²) in [6.45, 7) is 0.0329. The number of hydrogen-bond acceptors (Lipinski definition) is 14. The van der Waals surface area contributed by atoms with Crippen molar-refractivity contribution in [1.29, 1.82) is 0 Å². The zero-order chi connectivity index (χ0) is 30.8. The molecule has 3 aromatic heterocycles. The van der Waals surface area contributed by atoms with Crippen LogP contribution in [0.3, 0.4) is 0 Å². The number of hydrogen-bond donors (Lipinski definition) is 5. The van der Waals surface area contributed by atoms with Gasteiger partial charge in [-0.2, -0.15) is 13.9 Å². The Kier molecular flexibility index (Phi) is 8.08. The number of nitrogens with one attached hydrogen (secondary N) is 3. The second-order valence-corrected chi connectivity index (χ2v) is 10.9. The van der Waals surface area contributed by atoms with Crippen LogP contribution >= 0.6 is 23.3 Å². The minimum absolute atomic E-state index is 0.0329. The molecule has 19 heteroatoms. The number of nitrogens with zero attached hydrogens (tertiary/aromatic N) is 5. The number of β-lactam (4-membered cyclic amide) rings is 1. The second kappa shape index (κ2) is 11.9. The van der Waals surface area contributed by atoms with Crippen LogP contribution in [0.5, 0.6) is 5.75 Å². The van der Waals surface area contributed by atoms with Gasteiger partial charge in [-0.25, -0.2) is 0 Å². The number of aromatic amines is 1. The fraction of sp³-hybridized carbons (Fsp3) is 0.208.